The molecule has 0 amide bonds. The van der Waals surface area contributed by atoms with Gasteiger partial charge in [0.1, 0.15) is 18.4 Å². The molecular weight excluding hydrogens is 680 g/mol. The standard InChI is InChI=1S/C34H32BrClN2O6S/c1-6-42-33(40)29-20(4)37-34-38(30(29)24-12-8-10-14-26(24)44-19(2)3)32(39)28(45-34)16-22-15-23(35)17-27(41-5)31(22)43-18-21-11-7-9-13-25(21)36/h7-17,19,30H,6,18H2,1-5H3/b28-16-/t30-/m0/s1. The van der Waals surface area contributed by atoms with Gasteiger partial charge in [-0.2, -0.15) is 0 Å². The summed E-state index contributed by atoms with van der Waals surface area (Å²) in [6.45, 7) is 7.71. The predicted octanol–water partition coefficient (Wildman–Crippen LogP) is 6.59. The highest BCUT2D eigenvalue weighted by Crippen LogP contribution is 2.38. The van der Waals surface area contributed by atoms with Crippen LogP contribution in [-0.4, -0.2) is 30.4 Å². The fourth-order valence-electron chi connectivity index (χ4n) is 5.06. The van der Waals surface area contributed by atoms with E-state index in [0.29, 0.717) is 48.4 Å². The number of aromatic nitrogens is 1. The van der Waals surface area contributed by atoms with Gasteiger partial charge >= 0.3 is 5.97 Å². The van der Waals surface area contributed by atoms with Gasteiger partial charge in [0.25, 0.3) is 5.56 Å². The lowest BCUT2D eigenvalue weighted by Gasteiger charge is -2.26. The Morgan fingerprint density at radius 3 is 2.58 bits per heavy atom. The number of carbonyl (C=O) groups excluding carboxylic acids is 1. The van der Waals surface area contributed by atoms with Crippen molar-refractivity contribution in [3.05, 3.63) is 118 Å². The van der Waals surface area contributed by atoms with Gasteiger partial charge in [-0.05, 0) is 58.0 Å². The lowest BCUT2D eigenvalue weighted by molar-refractivity contribution is -0.139. The smallest absolute Gasteiger partial charge is 0.338 e. The van der Waals surface area contributed by atoms with Crippen LogP contribution in [0.4, 0.5) is 0 Å². The molecule has 11 heteroatoms. The first-order chi connectivity index (χ1) is 21.6. The lowest BCUT2D eigenvalue weighted by Crippen LogP contribution is -2.40. The first kappa shape index (κ1) is 32.5. The third kappa shape index (κ3) is 6.88. The molecule has 0 fully saturated rings. The Hall–Kier alpha value is -3.86. The van der Waals surface area contributed by atoms with Crippen molar-refractivity contribution >= 4 is 50.9 Å². The molecule has 234 valence electrons. The maximum Gasteiger partial charge on any atom is 0.338 e. The van der Waals surface area contributed by atoms with Crippen LogP contribution in [0.25, 0.3) is 6.08 Å². The molecule has 1 atom stereocenters. The topological polar surface area (TPSA) is 88.4 Å². The van der Waals surface area contributed by atoms with E-state index >= 15 is 0 Å². The highest BCUT2D eigenvalue weighted by atomic mass is 79.9. The molecule has 0 radical (unpaired) electrons. The van der Waals surface area contributed by atoms with Crippen LogP contribution >= 0.6 is 38.9 Å². The number of carbonyl (C=O) groups is 1. The van der Waals surface area contributed by atoms with E-state index in [2.05, 4.69) is 15.9 Å². The minimum atomic E-state index is -0.814. The van der Waals surface area contributed by atoms with Gasteiger partial charge in [-0.15, -0.1) is 0 Å². The van der Waals surface area contributed by atoms with Gasteiger partial charge < -0.3 is 18.9 Å². The molecule has 2 heterocycles. The number of para-hydroxylation sites is 1. The predicted molar refractivity (Wildman–Crippen MR) is 179 cm³/mol. The molecular formula is C34H32BrClN2O6S. The first-order valence-corrected chi connectivity index (χ1v) is 16.3. The Labute approximate surface area is 278 Å². The minimum Gasteiger partial charge on any atom is -0.493 e. The van der Waals surface area contributed by atoms with Gasteiger partial charge in [0.15, 0.2) is 16.3 Å². The summed E-state index contributed by atoms with van der Waals surface area (Å²) in [5.74, 6) is 0.954. The van der Waals surface area contributed by atoms with Crippen LogP contribution < -0.4 is 29.1 Å². The van der Waals surface area contributed by atoms with Crippen LogP contribution in [0.3, 0.4) is 0 Å². The second-order valence-electron chi connectivity index (χ2n) is 10.4. The Morgan fingerprint density at radius 2 is 1.87 bits per heavy atom. The average molecular weight is 712 g/mol. The van der Waals surface area contributed by atoms with Crippen LogP contribution in [0.15, 0.2) is 86.2 Å². The number of ether oxygens (including phenoxy) is 4. The summed E-state index contributed by atoms with van der Waals surface area (Å²) in [6, 6.07) is 17.7. The van der Waals surface area contributed by atoms with Gasteiger partial charge in [-0.25, -0.2) is 9.79 Å². The number of fused-ring (bicyclic) bond motifs is 1. The Bertz CT molecular complexity index is 1970. The number of halogens is 2. The third-order valence-electron chi connectivity index (χ3n) is 6.98. The number of methoxy groups -OCH3 is 1. The Morgan fingerprint density at radius 1 is 1.13 bits per heavy atom. The Kier molecular flexibility index (Phi) is 10.2. The number of thiazole rings is 1. The number of rotatable bonds is 10. The van der Waals surface area contributed by atoms with E-state index < -0.39 is 12.0 Å². The summed E-state index contributed by atoms with van der Waals surface area (Å²) in [6.07, 6.45) is 1.62. The van der Waals surface area contributed by atoms with Gasteiger partial charge in [0, 0.05) is 26.2 Å². The number of esters is 1. The van der Waals surface area contributed by atoms with Gasteiger partial charge in [0.2, 0.25) is 0 Å². The minimum absolute atomic E-state index is 0.131. The monoisotopic (exact) mass is 710 g/mol. The summed E-state index contributed by atoms with van der Waals surface area (Å²) in [7, 11) is 1.55. The number of allylic oxidation sites excluding steroid dienone is 1. The molecule has 1 aliphatic heterocycles. The molecule has 4 aromatic rings. The van der Waals surface area contributed by atoms with Crippen molar-refractivity contribution in [3.63, 3.8) is 0 Å². The Balaban J connectivity index is 1.70. The van der Waals surface area contributed by atoms with Crippen LogP contribution in [0.2, 0.25) is 5.02 Å². The van der Waals surface area contributed by atoms with Crippen LogP contribution in [-0.2, 0) is 16.1 Å². The van der Waals surface area contributed by atoms with Crippen LogP contribution in [0.1, 0.15) is 50.4 Å². The average Bonchev–Trinajstić information content (AvgIpc) is 3.30. The molecule has 45 heavy (non-hydrogen) atoms. The molecule has 0 bridgehead atoms. The maximum atomic E-state index is 14.3. The van der Waals surface area contributed by atoms with E-state index in [-0.39, 0.29) is 30.5 Å². The summed E-state index contributed by atoms with van der Waals surface area (Å²) >= 11 is 11.2. The number of hydrogen-bond donors (Lipinski definition) is 0. The molecule has 0 saturated heterocycles. The molecule has 5 rings (SSSR count). The molecule has 0 N–H and O–H groups in total. The van der Waals surface area contributed by atoms with Crippen molar-refractivity contribution in [2.24, 2.45) is 4.99 Å². The lowest BCUT2D eigenvalue weighted by atomic mass is 9.95. The fourth-order valence-corrected chi connectivity index (χ4v) is 6.74. The van der Waals surface area contributed by atoms with Gasteiger partial charge in [0.05, 0.1) is 35.6 Å². The largest absolute Gasteiger partial charge is 0.493 e. The zero-order valence-electron chi connectivity index (χ0n) is 25.4. The van der Waals surface area contributed by atoms with E-state index in [9.17, 15) is 9.59 Å². The number of hydrogen-bond acceptors (Lipinski definition) is 8. The SMILES string of the molecule is CCOC(=O)C1=C(C)N=c2s/c(=C\c3cc(Br)cc(OC)c3OCc3ccccc3Cl)c(=O)n2[C@H]1c1ccccc1OC(C)C. The molecule has 0 saturated carbocycles. The molecule has 0 spiro atoms. The number of benzene rings is 3. The fraction of sp³-hybridized carbons (Fsp3) is 0.265. The van der Waals surface area contributed by atoms with Crippen molar-refractivity contribution in [1.29, 1.82) is 0 Å². The molecule has 3 aromatic carbocycles. The second-order valence-corrected chi connectivity index (χ2v) is 12.7. The summed E-state index contributed by atoms with van der Waals surface area (Å²) < 4.78 is 26.2. The normalized spacial score (nSPS) is 14.7. The van der Waals surface area contributed by atoms with Crippen molar-refractivity contribution < 1.29 is 23.7 Å². The van der Waals surface area contributed by atoms with Crippen LogP contribution in [0, 0.1) is 0 Å². The molecule has 1 aliphatic rings. The van der Waals surface area contributed by atoms with Gasteiger partial charge in [-0.3, -0.25) is 9.36 Å². The van der Waals surface area contributed by atoms with Crippen LogP contribution in [0.5, 0.6) is 17.2 Å². The quantitative estimate of drug-likeness (QED) is 0.173. The van der Waals surface area contributed by atoms with E-state index in [1.54, 1.807) is 39.2 Å². The zero-order chi connectivity index (χ0) is 32.2. The molecule has 0 unspecified atom stereocenters. The van der Waals surface area contributed by atoms with E-state index in [0.717, 1.165) is 10.0 Å². The van der Waals surface area contributed by atoms with Crippen molar-refractivity contribution in [2.75, 3.05) is 13.7 Å². The highest BCUT2D eigenvalue weighted by molar-refractivity contribution is 9.10. The molecule has 0 aliphatic carbocycles. The summed E-state index contributed by atoms with van der Waals surface area (Å²) in [4.78, 5) is 32.8. The van der Waals surface area contributed by atoms with E-state index in [4.69, 9.17) is 35.5 Å². The van der Waals surface area contributed by atoms with Crippen molar-refractivity contribution in [3.8, 4) is 17.2 Å². The van der Waals surface area contributed by atoms with Crippen molar-refractivity contribution in [2.45, 2.75) is 46.4 Å². The number of nitrogens with zero attached hydrogens (tertiary/aromatic N) is 2. The van der Waals surface area contributed by atoms with Crippen molar-refractivity contribution in [1.82, 2.24) is 4.57 Å². The second kappa shape index (κ2) is 14.1. The maximum absolute atomic E-state index is 14.3. The molecule has 8 nitrogen and oxygen atoms in total. The van der Waals surface area contributed by atoms with E-state index in [1.165, 1.54) is 15.9 Å². The highest BCUT2D eigenvalue weighted by Gasteiger charge is 2.35. The summed E-state index contributed by atoms with van der Waals surface area (Å²) in [5, 5.41) is 0.581. The summed E-state index contributed by atoms with van der Waals surface area (Å²) in [5.41, 5.74) is 2.50. The van der Waals surface area contributed by atoms with Gasteiger partial charge in [-0.1, -0.05) is 75.3 Å². The zero-order valence-corrected chi connectivity index (χ0v) is 28.6. The first-order valence-electron chi connectivity index (χ1n) is 14.3. The molecule has 1 aromatic heterocycles. The third-order valence-corrected chi connectivity index (χ3v) is 8.79. The van der Waals surface area contributed by atoms with E-state index in [1.807, 2.05) is 62.4 Å².